The van der Waals surface area contributed by atoms with Crippen molar-refractivity contribution >= 4 is 21.6 Å². The summed E-state index contributed by atoms with van der Waals surface area (Å²) in [6.07, 6.45) is 0. The van der Waals surface area contributed by atoms with E-state index in [1.165, 1.54) is 11.3 Å². The maximum Gasteiger partial charge on any atom is 0.0625 e. The Morgan fingerprint density at radius 1 is 1.22 bits per heavy atom. The van der Waals surface area contributed by atoms with Crippen LogP contribution < -0.4 is 5.32 Å². The van der Waals surface area contributed by atoms with E-state index in [9.17, 15) is 0 Å². The van der Waals surface area contributed by atoms with Crippen LogP contribution in [0.5, 0.6) is 0 Å². The molecular formula is C14H18BrN3. The predicted molar refractivity (Wildman–Crippen MR) is 79.1 cm³/mol. The van der Waals surface area contributed by atoms with Gasteiger partial charge in [0, 0.05) is 22.4 Å². The van der Waals surface area contributed by atoms with E-state index in [-0.39, 0.29) is 0 Å². The Kier molecular flexibility index (Phi) is 4.07. The Hall–Kier alpha value is -1.29. The topological polar surface area (TPSA) is 29.9 Å². The van der Waals surface area contributed by atoms with Crippen LogP contribution in [0.4, 0.5) is 5.69 Å². The third kappa shape index (κ3) is 2.75. The van der Waals surface area contributed by atoms with Crippen molar-refractivity contribution in [2.75, 3.05) is 11.9 Å². The zero-order valence-electron chi connectivity index (χ0n) is 11.0. The minimum absolute atomic E-state index is 0.865. The first-order chi connectivity index (χ1) is 8.59. The van der Waals surface area contributed by atoms with Gasteiger partial charge in [-0.1, -0.05) is 12.1 Å². The Morgan fingerprint density at radius 3 is 2.56 bits per heavy atom. The van der Waals surface area contributed by atoms with E-state index >= 15 is 0 Å². The van der Waals surface area contributed by atoms with Crippen molar-refractivity contribution < 1.29 is 0 Å². The minimum Gasteiger partial charge on any atom is -0.382 e. The molecule has 0 spiro atoms. The first kappa shape index (κ1) is 13.1. The fourth-order valence-corrected chi connectivity index (χ4v) is 2.33. The molecule has 3 nitrogen and oxygen atoms in total. The summed E-state index contributed by atoms with van der Waals surface area (Å²) in [5.41, 5.74) is 4.78. The molecule has 0 aliphatic carbocycles. The van der Waals surface area contributed by atoms with Gasteiger partial charge in [-0.25, -0.2) is 0 Å². The van der Waals surface area contributed by atoms with Crippen molar-refractivity contribution in [3.63, 3.8) is 0 Å². The van der Waals surface area contributed by atoms with E-state index in [2.05, 4.69) is 57.9 Å². The summed E-state index contributed by atoms with van der Waals surface area (Å²) in [7, 11) is 0. The molecule has 18 heavy (non-hydrogen) atoms. The quantitative estimate of drug-likeness (QED) is 0.933. The van der Waals surface area contributed by atoms with Crippen molar-refractivity contribution in [3.8, 4) is 0 Å². The van der Waals surface area contributed by atoms with Crippen LogP contribution in [0.1, 0.15) is 17.0 Å². The highest BCUT2D eigenvalue weighted by molar-refractivity contribution is 9.10. The lowest BCUT2D eigenvalue weighted by Gasteiger charge is -2.09. The van der Waals surface area contributed by atoms with Gasteiger partial charge in [0.2, 0.25) is 0 Å². The maximum atomic E-state index is 4.53. The molecule has 0 unspecified atom stereocenters. The van der Waals surface area contributed by atoms with Crippen molar-refractivity contribution in [2.45, 2.75) is 27.3 Å². The smallest absolute Gasteiger partial charge is 0.0625 e. The van der Waals surface area contributed by atoms with E-state index in [1.807, 2.05) is 18.2 Å². The second-order valence-corrected chi connectivity index (χ2v) is 5.28. The normalized spacial score (nSPS) is 10.7. The molecule has 96 valence electrons. The third-order valence-electron chi connectivity index (χ3n) is 3.26. The predicted octanol–water partition coefficient (Wildman–Crippen LogP) is 3.68. The van der Waals surface area contributed by atoms with Gasteiger partial charge in [-0.3, -0.25) is 4.68 Å². The Morgan fingerprint density at radius 2 is 1.94 bits per heavy atom. The number of hydrogen-bond acceptors (Lipinski definition) is 2. The summed E-state index contributed by atoms with van der Waals surface area (Å²) in [5.74, 6) is 0. The Balaban J connectivity index is 1.97. The molecule has 0 amide bonds. The molecule has 1 aromatic carbocycles. The number of anilines is 1. The van der Waals surface area contributed by atoms with Crippen molar-refractivity contribution in [3.05, 3.63) is 45.7 Å². The first-order valence-corrected chi connectivity index (χ1v) is 6.88. The zero-order chi connectivity index (χ0) is 13.1. The summed E-state index contributed by atoms with van der Waals surface area (Å²) in [6.45, 7) is 8.04. The van der Waals surface area contributed by atoms with Gasteiger partial charge in [0.25, 0.3) is 0 Å². The summed E-state index contributed by atoms with van der Waals surface area (Å²) in [5, 5.41) is 7.94. The highest BCUT2D eigenvalue weighted by atomic mass is 79.9. The SMILES string of the molecule is Cc1nn(CCNc2ccccc2Br)c(C)c1C. The van der Waals surface area contributed by atoms with Crippen LogP contribution in [0.2, 0.25) is 0 Å². The van der Waals surface area contributed by atoms with E-state index in [1.54, 1.807) is 0 Å². The number of para-hydroxylation sites is 1. The van der Waals surface area contributed by atoms with Gasteiger partial charge >= 0.3 is 0 Å². The van der Waals surface area contributed by atoms with Crippen LogP contribution in [0.3, 0.4) is 0 Å². The average Bonchev–Trinajstić information content (AvgIpc) is 2.60. The van der Waals surface area contributed by atoms with Gasteiger partial charge in [-0.15, -0.1) is 0 Å². The fraction of sp³-hybridized carbons (Fsp3) is 0.357. The van der Waals surface area contributed by atoms with Gasteiger partial charge < -0.3 is 5.32 Å². The molecule has 0 bridgehead atoms. The van der Waals surface area contributed by atoms with Crippen LogP contribution in [0, 0.1) is 20.8 Å². The van der Waals surface area contributed by atoms with E-state index in [4.69, 9.17) is 0 Å². The maximum absolute atomic E-state index is 4.53. The van der Waals surface area contributed by atoms with Gasteiger partial charge in [0.15, 0.2) is 0 Å². The summed E-state index contributed by atoms with van der Waals surface area (Å²) in [4.78, 5) is 0. The number of aromatic nitrogens is 2. The molecule has 1 aromatic heterocycles. The molecule has 0 fully saturated rings. The number of aryl methyl sites for hydroxylation is 1. The standard InChI is InChI=1S/C14H18BrN3/c1-10-11(2)17-18(12(10)3)9-8-16-14-7-5-4-6-13(14)15/h4-7,16H,8-9H2,1-3H3. The number of benzene rings is 1. The van der Waals surface area contributed by atoms with E-state index < -0.39 is 0 Å². The molecule has 0 radical (unpaired) electrons. The molecule has 2 rings (SSSR count). The second-order valence-electron chi connectivity index (χ2n) is 4.43. The minimum atomic E-state index is 0.865. The van der Waals surface area contributed by atoms with Crippen LogP contribution in [0.25, 0.3) is 0 Å². The number of hydrogen-bond donors (Lipinski definition) is 1. The summed E-state index contributed by atoms with van der Waals surface area (Å²) in [6, 6.07) is 8.15. The number of nitrogens with zero attached hydrogens (tertiary/aromatic N) is 2. The molecule has 1 heterocycles. The van der Waals surface area contributed by atoms with Crippen molar-refractivity contribution in [1.29, 1.82) is 0 Å². The van der Waals surface area contributed by atoms with Crippen molar-refractivity contribution in [2.24, 2.45) is 0 Å². The average molecular weight is 308 g/mol. The third-order valence-corrected chi connectivity index (χ3v) is 3.95. The molecule has 0 aliphatic rings. The highest BCUT2D eigenvalue weighted by Crippen LogP contribution is 2.20. The molecule has 0 saturated heterocycles. The molecular weight excluding hydrogens is 290 g/mol. The van der Waals surface area contributed by atoms with Gasteiger partial charge in [0.1, 0.15) is 0 Å². The van der Waals surface area contributed by atoms with Crippen LogP contribution in [-0.2, 0) is 6.54 Å². The number of halogens is 1. The molecule has 0 atom stereocenters. The number of rotatable bonds is 4. The van der Waals surface area contributed by atoms with Crippen LogP contribution in [-0.4, -0.2) is 16.3 Å². The zero-order valence-corrected chi connectivity index (χ0v) is 12.6. The number of nitrogens with one attached hydrogen (secondary N) is 1. The summed E-state index contributed by atoms with van der Waals surface area (Å²) >= 11 is 3.53. The largest absolute Gasteiger partial charge is 0.382 e. The second kappa shape index (κ2) is 5.57. The lowest BCUT2D eigenvalue weighted by Crippen LogP contribution is -2.13. The lowest BCUT2D eigenvalue weighted by atomic mass is 10.2. The van der Waals surface area contributed by atoms with Gasteiger partial charge in [0.05, 0.1) is 12.2 Å². The highest BCUT2D eigenvalue weighted by Gasteiger charge is 2.06. The first-order valence-electron chi connectivity index (χ1n) is 6.08. The lowest BCUT2D eigenvalue weighted by molar-refractivity contribution is 0.614. The fourth-order valence-electron chi connectivity index (χ4n) is 1.91. The Bertz CT molecular complexity index is 546. The summed E-state index contributed by atoms with van der Waals surface area (Å²) < 4.78 is 3.16. The van der Waals surface area contributed by atoms with E-state index in [0.717, 1.165) is 28.9 Å². The monoisotopic (exact) mass is 307 g/mol. The molecule has 1 N–H and O–H groups in total. The van der Waals surface area contributed by atoms with Crippen molar-refractivity contribution in [1.82, 2.24) is 9.78 Å². The molecule has 0 aliphatic heterocycles. The van der Waals surface area contributed by atoms with Crippen LogP contribution >= 0.6 is 15.9 Å². The van der Waals surface area contributed by atoms with Gasteiger partial charge in [-0.05, 0) is 54.4 Å². The molecule has 2 aromatic rings. The molecule has 4 heteroatoms. The van der Waals surface area contributed by atoms with Crippen LogP contribution in [0.15, 0.2) is 28.7 Å². The van der Waals surface area contributed by atoms with E-state index in [0.29, 0.717) is 0 Å². The molecule has 0 saturated carbocycles. The van der Waals surface area contributed by atoms with Gasteiger partial charge in [-0.2, -0.15) is 5.10 Å². The Labute approximate surface area is 116 Å².